The van der Waals surface area contributed by atoms with Gasteiger partial charge in [-0.25, -0.2) is 13.1 Å². The molecule has 116 valence electrons. The van der Waals surface area contributed by atoms with E-state index < -0.39 is 22.6 Å². The fourth-order valence-electron chi connectivity index (χ4n) is 1.37. The molecule has 0 aromatic carbocycles. The van der Waals surface area contributed by atoms with E-state index in [2.05, 4.69) is 21.5 Å². The molecule has 1 aromatic rings. The Hall–Kier alpha value is -1.63. The van der Waals surface area contributed by atoms with Crippen LogP contribution in [-0.2, 0) is 10.0 Å². The summed E-state index contributed by atoms with van der Waals surface area (Å²) in [6, 6.07) is 1.28. The van der Waals surface area contributed by atoms with Crippen LogP contribution in [0.3, 0.4) is 0 Å². The molecule has 1 rings (SSSR count). The van der Waals surface area contributed by atoms with E-state index in [1.807, 2.05) is 0 Å². The topological polar surface area (TPSA) is 85.1 Å². The van der Waals surface area contributed by atoms with Crippen molar-refractivity contribution < 1.29 is 21.6 Å². The molecule has 0 bridgehead atoms. The van der Waals surface area contributed by atoms with Gasteiger partial charge in [-0.05, 0) is 12.5 Å². The van der Waals surface area contributed by atoms with Crippen LogP contribution in [0.4, 0.5) is 13.2 Å². The van der Waals surface area contributed by atoms with Crippen molar-refractivity contribution in [1.29, 1.82) is 0 Å². The molecule has 1 heterocycles. The Kier molecular flexibility index (Phi) is 6.14. The van der Waals surface area contributed by atoms with Crippen molar-refractivity contribution in [1.82, 2.24) is 9.71 Å². The van der Waals surface area contributed by atoms with Crippen molar-refractivity contribution in [2.24, 2.45) is 5.73 Å². The Balaban J connectivity index is 2.70. The van der Waals surface area contributed by atoms with Gasteiger partial charge in [0.15, 0.2) is 0 Å². The Morgan fingerprint density at radius 2 is 2.05 bits per heavy atom. The second-order valence-electron chi connectivity index (χ2n) is 4.03. The number of sulfonamides is 1. The minimum absolute atomic E-state index is 0.118. The fourth-order valence-corrected chi connectivity index (χ4v) is 2.43. The van der Waals surface area contributed by atoms with Crippen LogP contribution in [0.2, 0.25) is 0 Å². The molecule has 0 aliphatic carbocycles. The highest BCUT2D eigenvalue weighted by molar-refractivity contribution is 7.89. The maximum absolute atomic E-state index is 12.0. The summed E-state index contributed by atoms with van der Waals surface area (Å²) in [6.07, 6.45) is -3.21. The van der Waals surface area contributed by atoms with E-state index in [1.54, 1.807) is 0 Å². The molecule has 0 unspecified atom stereocenters. The second-order valence-corrected chi connectivity index (χ2v) is 5.80. The molecule has 0 aliphatic rings. The molecule has 0 aliphatic heterocycles. The van der Waals surface area contributed by atoms with Crippen molar-refractivity contribution in [2.45, 2.75) is 23.9 Å². The lowest BCUT2D eigenvalue weighted by molar-refractivity contribution is -0.135. The smallest absolute Gasteiger partial charge is 0.320 e. The van der Waals surface area contributed by atoms with E-state index in [1.165, 1.54) is 12.3 Å². The van der Waals surface area contributed by atoms with Gasteiger partial charge >= 0.3 is 6.18 Å². The largest absolute Gasteiger partial charge is 0.389 e. The third-order valence-electron chi connectivity index (χ3n) is 2.29. The van der Waals surface area contributed by atoms with Gasteiger partial charge in [-0.2, -0.15) is 13.2 Å². The number of hydrogen-bond acceptors (Lipinski definition) is 4. The van der Waals surface area contributed by atoms with Crippen LogP contribution in [-0.4, -0.2) is 32.7 Å². The lowest BCUT2D eigenvalue weighted by Gasteiger charge is -2.08. The predicted octanol–water partition coefficient (Wildman–Crippen LogP) is 1.01. The van der Waals surface area contributed by atoms with Gasteiger partial charge in [0.25, 0.3) is 0 Å². The number of alkyl halides is 3. The zero-order valence-corrected chi connectivity index (χ0v) is 11.8. The summed E-state index contributed by atoms with van der Waals surface area (Å²) in [6.45, 7) is -0.187. The highest BCUT2D eigenvalue weighted by Crippen LogP contribution is 2.20. The van der Waals surface area contributed by atoms with Gasteiger partial charge in [-0.3, -0.25) is 4.98 Å². The lowest BCUT2D eigenvalue weighted by atomic mass is 10.3. The van der Waals surface area contributed by atoms with Crippen molar-refractivity contribution in [2.75, 3.05) is 13.1 Å². The van der Waals surface area contributed by atoms with Crippen molar-refractivity contribution in [3.63, 3.8) is 0 Å². The van der Waals surface area contributed by atoms with Gasteiger partial charge in [-0.15, -0.1) is 0 Å². The minimum Gasteiger partial charge on any atom is -0.320 e. The first kappa shape index (κ1) is 17.4. The minimum atomic E-state index is -4.30. The maximum atomic E-state index is 12.0. The van der Waals surface area contributed by atoms with E-state index in [9.17, 15) is 21.6 Å². The van der Waals surface area contributed by atoms with E-state index in [0.29, 0.717) is 5.56 Å². The Morgan fingerprint density at radius 1 is 1.33 bits per heavy atom. The van der Waals surface area contributed by atoms with Crippen LogP contribution in [0.15, 0.2) is 23.4 Å². The molecule has 3 N–H and O–H groups in total. The molecular weight excluding hydrogens is 307 g/mol. The first-order chi connectivity index (χ1) is 9.74. The molecule has 0 saturated heterocycles. The average Bonchev–Trinajstić information content (AvgIpc) is 2.41. The summed E-state index contributed by atoms with van der Waals surface area (Å²) in [7, 11) is -3.90. The molecule has 0 radical (unpaired) electrons. The monoisotopic (exact) mass is 321 g/mol. The summed E-state index contributed by atoms with van der Waals surface area (Å²) in [5.41, 5.74) is 5.56. The molecule has 0 atom stereocenters. The molecule has 9 heteroatoms. The van der Waals surface area contributed by atoms with Crippen LogP contribution in [0.1, 0.15) is 18.4 Å². The second kappa shape index (κ2) is 7.40. The number of aromatic nitrogens is 1. The standard InChI is InChI=1S/C12H14F3N3O2S/c13-12(14,15)4-2-6-18-21(19,20)11-7-10(3-1-5-16)8-17-9-11/h7-9,18H,2,4-6,16H2. The van der Waals surface area contributed by atoms with E-state index in [0.717, 1.165) is 6.20 Å². The predicted molar refractivity (Wildman–Crippen MR) is 70.6 cm³/mol. The Morgan fingerprint density at radius 3 is 2.67 bits per heavy atom. The molecule has 0 amide bonds. The highest BCUT2D eigenvalue weighted by Gasteiger charge is 2.26. The fraction of sp³-hybridized carbons (Fsp3) is 0.417. The van der Waals surface area contributed by atoms with Crippen molar-refractivity contribution in [3.05, 3.63) is 24.0 Å². The number of rotatable bonds is 5. The first-order valence-corrected chi connectivity index (χ1v) is 7.43. The molecular formula is C12H14F3N3O2S. The summed E-state index contributed by atoms with van der Waals surface area (Å²) in [5.74, 6) is 5.18. The lowest BCUT2D eigenvalue weighted by Crippen LogP contribution is -2.26. The Bertz CT molecular complexity index is 633. The van der Waals surface area contributed by atoms with E-state index in [4.69, 9.17) is 5.73 Å². The maximum Gasteiger partial charge on any atom is 0.389 e. The number of pyridine rings is 1. The SMILES string of the molecule is NCC#Cc1cncc(S(=O)(=O)NCCCC(F)(F)F)c1. The molecule has 0 spiro atoms. The average molecular weight is 321 g/mol. The quantitative estimate of drug-likeness (QED) is 0.626. The normalized spacial score (nSPS) is 11.8. The summed E-state index contributed by atoms with van der Waals surface area (Å²) < 4.78 is 61.7. The van der Waals surface area contributed by atoms with Crippen LogP contribution < -0.4 is 10.5 Å². The number of nitrogens with zero attached hydrogens (tertiary/aromatic N) is 1. The van der Waals surface area contributed by atoms with E-state index >= 15 is 0 Å². The van der Waals surface area contributed by atoms with Crippen molar-refractivity contribution in [3.8, 4) is 11.8 Å². The van der Waals surface area contributed by atoms with Gasteiger partial charge in [0.2, 0.25) is 10.0 Å². The molecule has 0 fully saturated rings. The van der Waals surface area contributed by atoms with Crippen LogP contribution in [0.25, 0.3) is 0 Å². The number of nitrogens with two attached hydrogens (primary N) is 1. The third-order valence-corrected chi connectivity index (χ3v) is 3.72. The van der Waals surface area contributed by atoms with Gasteiger partial charge in [0, 0.05) is 30.9 Å². The number of hydrogen-bond donors (Lipinski definition) is 2. The molecule has 21 heavy (non-hydrogen) atoms. The zero-order valence-electron chi connectivity index (χ0n) is 10.9. The van der Waals surface area contributed by atoms with Gasteiger partial charge < -0.3 is 5.73 Å². The highest BCUT2D eigenvalue weighted by atomic mass is 32.2. The van der Waals surface area contributed by atoms with Gasteiger partial charge in [0.1, 0.15) is 4.90 Å². The van der Waals surface area contributed by atoms with Crippen LogP contribution in [0.5, 0.6) is 0 Å². The Labute approximate surface area is 120 Å². The van der Waals surface area contributed by atoms with Crippen molar-refractivity contribution >= 4 is 10.0 Å². The third kappa shape index (κ3) is 6.57. The zero-order chi connectivity index (χ0) is 15.9. The molecule has 1 aromatic heterocycles. The van der Waals surface area contributed by atoms with Gasteiger partial charge in [-0.1, -0.05) is 11.8 Å². The van der Waals surface area contributed by atoms with Crippen LogP contribution >= 0.6 is 0 Å². The number of halogens is 3. The number of nitrogens with one attached hydrogen (secondary N) is 1. The van der Waals surface area contributed by atoms with E-state index in [-0.39, 0.29) is 24.4 Å². The van der Waals surface area contributed by atoms with Crippen LogP contribution in [0, 0.1) is 11.8 Å². The first-order valence-electron chi connectivity index (χ1n) is 5.95. The summed E-state index contributed by atoms with van der Waals surface area (Å²) in [5, 5.41) is 0. The molecule has 0 saturated carbocycles. The summed E-state index contributed by atoms with van der Waals surface area (Å²) in [4.78, 5) is 3.57. The van der Waals surface area contributed by atoms with Gasteiger partial charge in [0.05, 0.1) is 6.54 Å². The molecule has 5 nitrogen and oxygen atoms in total. The summed E-state index contributed by atoms with van der Waals surface area (Å²) >= 11 is 0.